The van der Waals surface area contributed by atoms with Gasteiger partial charge in [0.2, 0.25) is 5.91 Å². The molecule has 3 N–H and O–H groups in total. The highest BCUT2D eigenvalue weighted by atomic mass is 79.9. The topological polar surface area (TPSA) is 55.1 Å². The van der Waals surface area contributed by atoms with Gasteiger partial charge in [0, 0.05) is 16.4 Å². The van der Waals surface area contributed by atoms with Gasteiger partial charge >= 0.3 is 0 Å². The smallest absolute Gasteiger partial charge is 0.226 e. The number of hydrogen-bond acceptors (Lipinski definition) is 2. The van der Waals surface area contributed by atoms with Gasteiger partial charge in [-0.3, -0.25) is 4.79 Å². The summed E-state index contributed by atoms with van der Waals surface area (Å²) in [6, 6.07) is 4.15. The fourth-order valence-corrected chi connectivity index (χ4v) is 2.36. The summed E-state index contributed by atoms with van der Waals surface area (Å²) in [6.45, 7) is 0. The van der Waals surface area contributed by atoms with E-state index in [2.05, 4.69) is 21.2 Å². The summed E-state index contributed by atoms with van der Waals surface area (Å²) >= 11 is 3.20. The normalized spacial score (nSPS) is 17.4. The number of nitrogens with two attached hydrogens (primary N) is 1. The standard InChI is InChI=1S/C12H14BrFN2O/c13-9-6-8(14)2-3-10(9)16-11(17)7-12(15)4-1-5-12/h2-3,6H,1,4-5,7,15H2,(H,16,17). The Kier molecular flexibility index (Phi) is 3.49. The number of anilines is 1. The maximum Gasteiger partial charge on any atom is 0.226 e. The van der Waals surface area contributed by atoms with Crippen molar-refractivity contribution in [3.05, 3.63) is 28.5 Å². The average molecular weight is 301 g/mol. The molecule has 3 nitrogen and oxygen atoms in total. The second-order valence-corrected chi connectivity index (χ2v) is 5.42. The lowest BCUT2D eigenvalue weighted by molar-refractivity contribution is -0.118. The zero-order valence-electron chi connectivity index (χ0n) is 9.30. The van der Waals surface area contributed by atoms with Crippen LogP contribution in [0.15, 0.2) is 22.7 Å². The molecule has 1 amide bonds. The van der Waals surface area contributed by atoms with Crippen molar-refractivity contribution < 1.29 is 9.18 Å². The van der Waals surface area contributed by atoms with Crippen molar-refractivity contribution in [2.75, 3.05) is 5.32 Å². The molecule has 1 saturated carbocycles. The van der Waals surface area contributed by atoms with Gasteiger partial charge in [-0.15, -0.1) is 0 Å². The molecular formula is C12H14BrFN2O. The zero-order valence-corrected chi connectivity index (χ0v) is 10.9. The number of rotatable bonds is 3. The highest BCUT2D eigenvalue weighted by molar-refractivity contribution is 9.10. The summed E-state index contributed by atoms with van der Waals surface area (Å²) < 4.78 is 13.4. The molecule has 0 aromatic heterocycles. The zero-order chi connectivity index (χ0) is 12.5. The van der Waals surface area contributed by atoms with Crippen molar-refractivity contribution in [1.82, 2.24) is 0 Å². The molecule has 17 heavy (non-hydrogen) atoms. The van der Waals surface area contributed by atoms with E-state index in [1.54, 1.807) is 0 Å². The molecule has 0 aliphatic heterocycles. The Balaban J connectivity index is 1.98. The first-order chi connectivity index (χ1) is 7.98. The second-order valence-electron chi connectivity index (χ2n) is 4.57. The minimum atomic E-state index is -0.343. The number of carbonyl (C=O) groups is 1. The lowest BCUT2D eigenvalue weighted by atomic mass is 9.75. The molecular weight excluding hydrogens is 287 g/mol. The Morgan fingerprint density at radius 2 is 2.24 bits per heavy atom. The molecule has 1 aromatic carbocycles. The van der Waals surface area contributed by atoms with Crippen LogP contribution < -0.4 is 11.1 Å². The Morgan fingerprint density at radius 3 is 2.76 bits per heavy atom. The van der Waals surface area contributed by atoms with Crippen molar-refractivity contribution in [2.45, 2.75) is 31.2 Å². The third kappa shape index (κ3) is 3.04. The second kappa shape index (κ2) is 4.74. The number of halogens is 2. The van der Waals surface area contributed by atoms with Crippen LogP contribution in [0.5, 0.6) is 0 Å². The van der Waals surface area contributed by atoms with E-state index in [1.165, 1.54) is 18.2 Å². The first-order valence-corrected chi connectivity index (χ1v) is 6.32. The van der Waals surface area contributed by atoms with Crippen molar-refractivity contribution in [2.24, 2.45) is 5.73 Å². The van der Waals surface area contributed by atoms with Gasteiger partial charge in [-0.25, -0.2) is 4.39 Å². The maximum absolute atomic E-state index is 12.9. The van der Waals surface area contributed by atoms with Crippen LogP contribution in [0, 0.1) is 5.82 Å². The first-order valence-electron chi connectivity index (χ1n) is 5.52. The predicted octanol–water partition coefficient (Wildman–Crippen LogP) is 2.80. The van der Waals surface area contributed by atoms with Crippen LogP contribution in [0.25, 0.3) is 0 Å². The number of benzene rings is 1. The highest BCUT2D eigenvalue weighted by Gasteiger charge is 2.34. The minimum Gasteiger partial charge on any atom is -0.325 e. The van der Waals surface area contributed by atoms with Gasteiger partial charge in [0.15, 0.2) is 0 Å². The molecule has 0 radical (unpaired) electrons. The van der Waals surface area contributed by atoms with E-state index in [9.17, 15) is 9.18 Å². The fraction of sp³-hybridized carbons (Fsp3) is 0.417. The fourth-order valence-electron chi connectivity index (χ4n) is 1.91. The van der Waals surface area contributed by atoms with Gasteiger partial charge in [-0.05, 0) is 53.4 Å². The largest absolute Gasteiger partial charge is 0.325 e. The van der Waals surface area contributed by atoms with E-state index in [-0.39, 0.29) is 17.3 Å². The lowest BCUT2D eigenvalue weighted by Crippen LogP contribution is -2.48. The van der Waals surface area contributed by atoms with E-state index in [0.717, 1.165) is 19.3 Å². The van der Waals surface area contributed by atoms with Crippen LogP contribution in [-0.4, -0.2) is 11.4 Å². The summed E-state index contributed by atoms with van der Waals surface area (Å²) in [5.74, 6) is -0.469. The Morgan fingerprint density at radius 1 is 1.53 bits per heavy atom. The van der Waals surface area contributed by atoms with Crippen molar-refractivity contribution >= 4 is 27.5 Å². The molecule has 0 spiro atoms. The summed E-state index contributed by atoms with van der Waals surface area (Å²) in [5.41, 5.74) is 6.22. The van der Waals surface area contributed by atoms with Gasteiger partial charge in [0.25, 0.3) is 0 Å². The molecule has 5 heteroatoms. The summed E-state index contributed by atoms with van der Waals surface area (Å²) in [7, 11) is 0. The predicted molar refractivity (Wildman–Crippen MR) is 68.1 cm³/mol. The van der Waals surface area contributed by atoms with Crippen molar-refractivity contribution in [3.63, 3.8) is 0 Å². The Hall–Kier alpha value is -0.940. The van der Waals surface area contributed by atoms with Gasteiger partial charge in [-0.2, -0.15) is 0 Å². The quantitative estimate of drug-likeness (QED) is 0.902. The number of hydrogen-bond donors (Lipinski definition) is 2. The van der Waals surface area contributed by atoms with Crippen molar-refractivity contribution in [1.29, 1.82) is 0 Å². The average Bonchev–Trinajstić information content (AvgIpc) is 2.20. The van der Waals surface area contributed by atoms with Gasteiger partial charge < -0.3 is 11.1 Å². The molecule has 0 heterocycles. The molecule has 1 aliphatic carbocycles. The van der Waals surface area contributed by atoms with Gasteiger partial charge in [0.05, 0.1) is 5.69 Å². The van der Waals surface area contributed by atoms with Crippen molar-refractivity contribution in [3.8, 4) is 0 Å². The number of nitrogens with one attached hydrogen (secondary N) is 1. The SMILES string of the molecule is NC1(CC(=O)Nc2ccc(F)cc2Br)CCC1. The summed E-state index contributed by atoms with van der Waals surface area (Å²) in [4.78, 5) is 11.8. The lowest BCUT2D eigenvalue weighted by Gasteiger charge is -2.37. The molecule has 1 aliphatic rings. The third-order valence-corrected chi connectivity index (χ3v) is 3.72. The van der Waals surface area contributed by atoms with Crippen LogP contribution in [0.4, 0.5) is 10.1 Å². The molecule has 92 valence electrons. The molecule has 1 aromatic rings. The van der Waals surface area contributed by atoms with Gasteiger partial charge in [-0.1, -0.05) is 0 Å². The van der Waals surface area contributed by atoms with Crippen LogP contribution in [0.2, 0.25) is 0 Å². The third-order valence-electron chi connectivity index (χ3n) is 3.07. The molecule has 1 fully saturated rings. The Bertz CT molecular complexity index is 446. The molecule has 2 rings (SSSR count). The number of amides is 1. The first kappa shape index (κ1) is 12.5. The molecule has 0 saturated heterocycles. The van der Waals surface area contributed by atoms with E-state index < -0.39 is 0 Å². The van der Waals surface area contributed by atoms with E-state index >= 15 is 0 Å². The van der Waals surface area contributed by atoms with E-state index in [1.807, 2.05) is 0 Å². The van der Waals surface area contributed by atoms with E-state index in [4.69, 9.17) is 5.73 Å². The Labute approximate surface area is 108 Å². The summed E-state index contributed by atoms with van der Waals surface area (Å²) in [5, 5.41) is 2.73. The van der Waals surface area contributed by atoms with E-state index in [0.29, 0.717) is 16.6 Å². The maximum atomic E-state index is 12.9. The molecule has 0 atom stereocenters. The van der Waals surface area contributed by atoms with Crippen LogP contribution in [0.3, 0.4) is 0 Å². The number of carbonyl (C=O) groups excluding carboxylic acids is 1. The van der Waals surface area contributed by atoms with Crippen LogP contribution in [-0.2, 0) is 4.79 Å². The highest BCUT2D eigenvalue weighted by Crippen LogP contribution is 2.32. The van der Waals surface area contributed by atoms with Crippen LogP contribution in [0.1, 0.15) is 25.7 Å². The summed E-state index contributed by atoms with van der Waals surface area (Å²) in [6.07, 6.45) is 3.19. The minimum absolute atomic E-state index is 0.125. The van der Waals surface area contributed by atoms with Gasteiger partial charge in [0.1, 0.15) is 5.82 Å². The monoisotopic (exact) mass is 300 g/mol. The van der Waals surface area contributed by atoms with Crippen LogP contribution >= 0.6 is 15.9 Å². The molecule has 0 bridgehead atoms. The molecule has 0 unspecified atom stereocenters.